The minimum Gasteiger partial charge on any atom is -0.380 e. The predicted octanol–water partition coefficient (Wildman–Crippen LogP) is 0.893. The maximum atomic E-state index is 13.6. The van der Waals surface area contributed by atoms with Crippen molar-refractivity contribution in [2.45, 2.75) is 11.8 Å². The molecule has 0 aliphatic heterocycles. The summed E-state index contributed by atoms with van der Waals surface area (Å²) in [4.78, 5) is 11.2. The number of carbonyl (C=O) groups is 1. The van der Waals surface area contributed by atoms with Crippen LogP contribution in [0.5, 0.6) is 0 Å². The van der Waals surface area contributed by atoms with Gasteiger partial charge in [0, 0.05) is 13.2 Å². The molecule has 0 saturated heterocycles. The van der Waals surface area contributed by atoms with Crippen molar-refractivity contribution in [3.63, 3.8) is 0 Å². The van der Waals surface area contributed by atoms with Crippen molar-refractivity contribution in [2.24, 2.45) is 5.14 Å². The van der Waals surface area contributed by atoms with Gasteiger partial charge in [-0.25, -0.2) is 17.9 Å². The average Bonchev–Trinajstić information content (AvgIpc) is 2.32. The SMILES string of the molecule is CCOCCNC(=O)c1cc(S(N)(=O)=O)c(Cl)cc1F. The van der Waals surface area contributed by atoms with Crippen LogP contribution in [-0.4, -0.2) is 34.1 Å². The number of rotatable bonds is 6. The Morgan fingerprint density at radius 3 is 2.70 bits per heavy atom. The molecule has 0 atom stereocenters. The Hall–Kier alpha value is -1.22. The molecule has 0 unspecified atom stereocenters. The lowest BCUT2D eigenvalue weighted by Crippen LogP contribution is -2.28. The van der Waals surface area contributed by atoms with E-state index in [1.165, 1.54) is 0 Å². The van der Waals surface area contributed by atoms with E-state index in [-0.39, 0.29) is 18.2 Å². The number of halogens is 2. The fourth-order valence-corrected chi connectivity index (χ4v) is 2.48. The van der Waals surface area contributed by atoms with E-state index in [0.717, 1.165) is 12.1 Å². The van der Waals surface area contributed by atoms with E-state index in [1.54, 1.807) is 6.92 Å². The molecule has 1 aromatic rings. The van der Waals surface area contributed by atoms with E-state index < -0.39 is 32.2 Å². The number of nitrogens with two attached hydrogens (primary N) is 1. The standard InChI is InChI=1S/C11H14ClFN2O4S/c1-2-19-4-3-15-11(16)7-5-10(20(14,17)18)8(12)6-9(7)13/h5-6H,2-4H2,1H3,(H,15,16)(H2,14,17,18). The Morgan fingerprint density at radius 2 is 2.15 bits per heavy atom. The summed E-state index contributed by atoms with van der Waals surface area (Å²) in [6, 6.07) is 1.54. The number of hydrogen-bond acceptors (Lipinski definition) is 4. The van der Waals surface area contributed by atoms with E-state index in [0.29, 0.717) is 6.61 Å². The third kappa shape index (κ3) is 4.41. The Morgan fingerprint density at radius 1 is 1.50 bits per heavy atom. The molecule has 0 spiro atoms. The first kappa shape index (κ1) is 16.8. The van der Waals surface area contributed by atoms with Gasteiger partial charge in [0.2, 0.25) is 10.0 Å². The highest BCUT2D eigenvalue weighted by Crippen LogP contribution is 2.24. The fraction of sp³-hybridized carbons (Fsp3) is 0.364. The Balaban J connectivity index is 2.98. The smallest absolute Gasteiger partial charge is 0.254 e. The van der Waals surface area contributed by atoms with Crippen molar-refractivity contribution < 1.29 is 22.3 Å². The largest absolute Gasteiger partial charge is 0.380 e. The van der Waals surface area contributed by atoms with Crippen LogP contribution in [0.1, 0.15) is 17.3 Å². The zero-order chi connectivity index (χ0) is 15.3. The van der Waals surface area contributed by atoms with Gasteiger partial charge in [0.05, 0.1) is 17.2 Å². The second-order valence-corrected chi connectivity index (χ2v) is 5.70. The van der Waals surface area contributed by atoms with Crippen molar-refractivity contribution in [1.29, 1.82) is 0 Å². The van der Waals surface area contributed by atoms with E-state index >= 15 is 0 Å². The van der Waals surface area contributed by atoms with E-state index in [2.05, 4.69) is 5.32 Å². The third-order valence-corrected chi connectivity index (χ3v) is 3.68. The third-order valence-electron chi connectivity index (χ3n) is 2.31. The second-order valence-electron chi connectivity index (χ2n) is 3.76. The summed E-state index contributed by atoms with van der Waals surface area (Å²) in [6.07, 6.45) is 0. The lowest BCUT2D eigenvalue weighted by atomic mass is 10.2. The topological polar surface area (TPSA) is 98.5 Å². The quantitative estimate of drug-likeness (QED) is 0.759. The molecule has 0 aliphatic rings. The molecule has 0 bridgehead atoms. The van der Waals surface area contributed by atoms with Gasteiger partial charge in [-0.1, -0.05) is 11.6 Å². The van der Waals surface area contributed by atoms with E-state index in [1.807, 2.05) is 0 Å². The number of benzene rings is 1. The highest BCUT2D eigenvalue weighted by Gasteiger charge is 2.20. The van der Waals surface area contributed by atoms with E-state index in [9.17, 15) is 17.6 Å². The molecule has 1 rings (SSSR count). The number of primary sulfonamides is 1. The lowest BCUT2D eigenvalue weighted by Gasteiger charge is -2.09. The van der Waals surface area contributed by atoms with Crippen molar-refractivity contribution in [1.82, 2.24) is 5.32 Å². The van der Waals surface area contributed by atoms with Crippen LogP contribution in [0.2, 0.25) is 5.02 Å². The molecular formula is C11H14ClFN2O4S. The summed E-state index contributed by atoms with van der Waals surface area (Å²) >= 11 is 5.59. The van der Waals surface area contributed by atoms with Gasteiger partial charge in [0.15, 0.2) is 0 Å². The van der Waals surface area contributed by atoms with Gasteiger partial charge in [0.1, 0.15) is 10.7 Å². The van der Waals surface area contributed by atoms with Crippen LogP contribution in [0, 0.1) is 5.82 Å². The van der Waals surface area contributed by atoms with Crippen molar-refractivity contribution in [2.75, 3.05) is 19.8 Å². The molecule has 0 fully saturated rings. The summed E-state index contributed by atoms with van der Waals surface area (Å²) < 4.78 is 41.2. The van der Waals surface area contributed by atoms with Crippen LogP contribution in [0.15, 0.2) is 17.0 Å². The van der Waals surface area contributed by atoms with E-state index in [4.69, 9.17) is 21.5 Å². The average molecular weight is 325 g/mol. The predicted molar refractivity (Wildman–Crippen MR) is 71.6 cm³/mol. The van der Waals surface area contributed by atoms with Gasteiger partial charge >= 0.3 is 0 Å². The summed E-state index contributed by atoms with van der Waals surface area (Å²) in [5, 5.41) is 6.94. The molecule has 3 N–H and O–H groups in total. The number of nitrogens with one attached hydrogen (secondary N) is 1. The van der Waals surface area contributed by atoms with Crippen LogP contribution >= 0.6 is 11.6 Å². The molecule has 0 aromatic heterocycles. The molecule has 6 nitrogen and oxygen atoms in total. The highest BCUT2D eigenvalue weighted by molar-refractivity contribution is 7.89. The number of ether oxygens (including phenoxy) is 1. The van der Waals surface area contributed by atoms with Gasteiger partial charge < -0.3 is 10.1 Å². The molecule has 9 heteroatoms. The molecule has 1 amide bonds. The van der Waals surface area contributed by atoms with Crippen LogP contribution in [0.4, 0.5) is 4.39 Å². The first-order chi connectivity index (χ1) is 9.27. The number of sulfonamides is 1. The molecule has 1 aromatic carbocycles. The molecule has 0 heterocycles. The lowest BCUT2D eigenvalue weighted by molar-refractivity contribution is 0.0918. The summed E-state index contributed by atoms with van der Waals surface area (Å²) in [6.45, 7) is 2.71. The van der Waals surface area contributed by atoms with Crippen LogP contribution in [0.3, 0.4) is 0 Å². The van der Waals surface area contributed by atoms with Crippen LogP contribution < -0.4 is 10.5 Å². The van der Waals surface area contributed by atoms with Gasteiger partial charge in [-0.15, -0.1) is 0 Å². The Bertz CT molecular complexity index is 607. The Kier molecular flexibility index (Phi) is 5.88. The number of amides is 1. The monoisotopic (exact) mass is 324 g/mol. The minimum absolute atomic E-state index is 0.166. The second kappa shape index (κ2) is 6.98. The summed E-state index contributed by atoms with van der Waals surface area (Å²) in [5.74, 6) is -1.71. The van der Waals surface area contributed by atoms with Crippen LogP contribution in [-0.2, 0) is 14.8 Å². The van der Waals surface area contributed by atoms with Gasteiger partial charge in [0.25, 0.3) is 5.91 Å². The minimum atomic E-state index is -4.14. The normalized spacial score (nSPS) is 11.4. The molecule has 20 heavy (non-hydrogen) atoms. The first-order valence-electron chi connectivity index (χ1n) is 5.65. The molecular weight excluding hydrogens is 311 g/mol. The molecule has 0 saturated carbocycles. The molecule has 112 valence electrons. The van der Waals surface area contributed by atoms with Gasteiger partial charge in [-0.05, 0) is 19.1 Å². The summed E-state index contributed by atoms with van der Waals surface area (Å²) in [7, 11) is -4.14. The van der Waals surface area contributed by atoms with Crippen molar-refractivity contribution in [3.05, 3.63) is 28.5 Å². The Labute approximate surface area is 121 Å². The first-order valence-corrected chi connectivity index (χ1v) is 7.57. The maximum absolute atomic E-state index is 13.6. The van der Waals surface area contributed by atoms with Crippen LogP contribution in [0.25, 0.3) is 0 Å². The van der Waals surface area contributed by atoms with Crippen molar-refractivity contribution >= 4 is 27.5 Å². The zero-order valence-corrected chi connectivity index (χ0v) is 12.2. The zero-order valence-electron chi connectivity index (χ0n) is 10.7. The fourth-order valence-electron chi connectivity index (χ4n) is 1.40. The molecule has 0 aliphatic carbocycles. The maximum Gasteiger partial charge on any atom is 0.254 e. The van der Waals surface area contributed by atoms with Crippen molar-refractivity contribution in [3.8, 4) is 0 Å². The molecule has 0 radical (unpaired) electrons. The highest BCUT2D eigenvalue weighted by atomic mass is 35.5. The number of hydrogen-bond donors (Lipinski definition) is 2. The summed E-state index contributed by atoms with van der Waals surface area (Å²) in [5.41, 5.74) is -0.449. The van der Waals surface area contributed by atoms with Gasteiger partial charge in [-0.3, -0.25) is 4.79 Å². The number of carbonyl (C=O) groups excluding carboxylic acids is 1. The van der Waals surface area contributed by atoms with Gasteiger partial charge in [-0.2, -0.15) is 0 Å².